The number of aromatic nitrogens is 4. The normalized spacial score (nSPS) is 17.8. The van der Waals surface area contributed by atoms with Crippen molar-refractivity contribution in [3.63, 3.8) is 0 Å². The molecule has 0 spiro atoms. The van der Waals surface area contributed by atoms with Crippen LogP contribution < -0.4 is 10.7 Å². The topological polar surface area (TPSA) is 77.3 Å². The molecule has 0 radical (unpaired) electrons. The summed E-state index contributed by atoms with van der Waals surface area (Å²) in [6.45, 7) is 6.78. The molecule has 146 valence electrons. The van der Waals surface area contributed by atoms with Crippen LogP contribution in [0.15, 0.2) is 47.7 Å². The molecule has 1 aromatic carbocycles. The molecule has 4 rings (SSSR count). The van der Waals surface area contributed by atoms with E-state index in [-0.39, 0.29) is 11.5 Å². The zero-order valence-electron chi connectivity index (χ0n) is 16.0. The Morgan fingerprint density at radius 2 is 1.93 bits per heavy atom. The maximum Gasteiger partial charge on any atom is 0.173 e. The molecular weight excluding hydrogens is 394 g/mol. The molecule has 0 bridgehead atoms. The van der Waals surface area contributed by atoms with Crippen molar-refractivity contribution in [1.29, 1.82) is 0 Å². The predicted molar refractivity (Wildman–Crippen MR) is 115 cm³/mol. The molecule has 9 heteroatoms. The third-order valence-electron chi connectivity index (χ3n) is 4.58. The van der Waals surface area contributed by atoms with Gasteiger partial charge < -0.3 is 5.73 Å². The summed E-state index contributed by atoms with van der Waals surface area (Å²) >= 11 is 7.48. The summed E-state index contributed by atoms with van der Waals surface area (Å²) in [7, 11) is 0. The molecule has 3 aromatic rings. The molecule has 0 saturated heterocycles. The Hall–Kier alpha value is -2.29. The predicted octanol–water partition coefficient (Wildman–Crippen LogP) is 3.77. The molecule has 0 saturated carbocycles. The van der Waals surface area contributed by atoms with E-state index in [1.807, 2.05) is 59.7 Å². The second-order valence-corrected chi connectivity index (χ2v) is 8.41. The zero-order valence-corrected chi connectivity index (χ0v) is 17.5. The summed E-state index contributed by atoms with van der Waals surface area (Å²) in [4.78, 5) is 0. The van der Waals surface area contributed by atoms with Crippen LogP contribution in [0.3, 0.4) is 0 Å². The highest BCUT2D eigenvalue weighted by molar-refractivity contribution is 8.14. The Morgan fingerprint density at radius 1 is 1.18 bits per heavy atom. The van der Waals surface area contributed by atoms with E-state index in [2.05, 4.69) is 23.2 Å². The number of thioether (sulfide) groups is 1. The van der Waals surface area contributed by atoms with Crippen molar-refractivity contribution in [1.82, 2.24) is 19.6 Å². The lowest BCUT2D eigenvalue weighted by molar-refractivity contribution is 0.591. The van der Waals surface area contributed by atoms with E-state index >= 15 is 0 Å². The maximum absolute atomic E-state index is 6.32. The minimum atomic E-state index is -0.312. The molecule has 2 unspecified atom stereocenters. The number of halogens is 1. The van der Waals surface area contributed by atoms with Crippen molar-refractivity contribution in [2.45, 2.75) is 38.9 Å². The highest BCUT2D eigenvalue weighted by Crippen LogP contribution is 2.32. The first-order valence-corrected chi connectivity index (χ1v) is 10.3. The number of anilines is 1. The number of nitrogens with zero attached hydrogens (tertiary/aromatic N) is 6. The SMILES string of the molecule is Cc1cc(C)n(C(C)C2=NN(c3ccn(Cc4ccc(Cl)cc4)n3)C(N)S2)n1. The van der Waals surface area contributed by atoms with Crippen molar-refractivity contribution in [2.24, 2.45) is 10.8 Å². The van der Waals surface area contributed by atoms with E-state index in [1.165, 1.54) is 11.8 Å². The Kier molecular flexibility index (Phi) is 5.18. The summed E-state index contributed by atoms with van der Waals surface area (Å²) in [5, 5.41) is 17.3. The molecule has 28 heavy (non-hydrogen) atoms. The smallest absolute Gasteiger partial charge is 0.173 e. The van der Waals surface area contributed by atoms with E-state index in [0.29, 0.717) is 6.54 Å². The summed E-state index contributed by atoms with van der Waals surface area (Å²) < 4.78 is 3.85. The van der Waals surface area contributed by atoms with Crippen LogP contribution in [0.25, 0.3) is 0 Å². The summed E-state index contributed by atoms with van der Waals surface area (Å²) in [6.07, 6.45) is 1.93. The van der Waals surface area contributed by atoms with Crippen molar-refractivity contribution >= 4 is 34.2 Å². The third-order valence-corrected chi connectivity index (χ3v) is 5.93. The first kappa shape index (κ1) is 19.0. The van der Waals surface area contributed by atoms with Gasteiger partial charge in [-0.3, -0.25) is 9.36 Å². The average molecular weight is 416 g/mol. The van der Waals surface area contributed by atoms with Crippen LogP contribution in [0.5, 0.6) is 0 Å². The number of hydrazone groups is 1. The fourth-order valence-electron chi connectivity index (χ4n) is 3.20. The molecule has 1 aliphatic rings. The lowest BCUT2D eigenvalue weighted by Gasteiger charge is -2.15. The third kappa shape index (κ3) is 3.80. The van der Waals surface area contributed by atoms with Crippen molar-refractivity contribution in [2.75, 3.05) is 5.01 Å². The van der Waals surface area contributed by atoms with Gasteiger partial charge in [0.25, 0.3) is 0 Å². The van der Waals surface area contributed by atoms with Gasteiger partial charge in [0.1, 0.15) is 5.04 Å². The monoisotopic (exact) mass is 415 g/mol. The number of benzene rings is 1. The van der Waals surface area contributed by atoms with Crippen LogP contribution in [-0.4, -0.2) is 30.1 Å². The maximum atomic E-state index is 6.32. The Balaban J connectivity index is 1.52. The van der Waals surface area contributed by atoms with Crippen molar-refractivity contribution in [3.05, 3.63) is 64.6 Å². The number of aryl methyl sites for hydroxylation is 2. The van der Waals surface area contributed by atoms with Crippen LogP contribution in [0.1, 0.15) is 29.9 Å². The van der Waals surface area contributed by atoms with Gasteiger partial charge in [0.2, 0.25) is 0 Å². The van der Waals surface area contributed by atoms with Gasteiger partial charge in [0, 0.05) is 23.0 Å². The van der Waals surface area contributed by atoms with Crippen LogP contribution >= 0.6 is 23.4 Å². The average Bonchev–Trinajstić information content (AvgIpc) is 3.35. The molecule has 2 atom stereocenters. The lowest BCUT2D eigenvalue weighted by Crippen LogP contribution is -2.32. The summed E-state index contributed by atoms with van der Waals surface area (Å²) in [5.74, 6) is 0.726. The Labute approximate surface area is 173 Å². The second kappa shape index (κ2) is 7.62. The van der Waals surface area contributed by atoms with E-state index in [1.54, 1.807) is 5.01 Å². The van der Waals surface area contributed by atoms with Gasteiger partial charge in [-0.25, -0.2) is 5.01 Å². The highest BCUT2D eigenvalue weighted by Gasteiger charge is 2.31. The molecule has 0 amide bonds. The molecule has 3 heterocycles. The van der Waals surface area contributed by atoms with Crippen LogP contribution in [0.2, 0.25) is 5.02 Å². The first-order valence-electron chi connectivity index (χ1n) is 9.01. The minimum Gasteiger partial charge on any atom is -0.301 e. The van der Waals surface area contributed by atoms with Gasteiger partial charge in [-0.2, -0.15) is 15.3 Å². The Bertz CT molecular complexity index is 1010. The van der Waals surface area contributed by atoms with Crippen molar-refractivity contribution in [3.8, 4) is 0 Å². The van der Waals surface area contributed by atoms with E-state index < -0.39 is 0 Å². The molecule has 2 aromatic heterocycles. The van der Waals surface area contributed by atoms with Crippen molar-refractivity contribution < 1.29 is 0 Å². The lowest BCUT2D eigenvalue weighted by atomic mass is 10.2. The summed E-state index contributed by atoms with van der Waals surface area (Å²) in [5.41, 5.74) is 9.23. The fraction of sp³-hybridized carbons (Fsp3) is 0.316. The standard InChI is InChI=1S/C19H22ClN7S/c1-12-10-13(2)26(22-12)14(3)18-24-27(19(21)28-18)17-8-9-25(23-17)11-15-4-6-16(20)7-5-15/h4-10,14,19H,11,21H2,1-3H3. The van der Waals surface area contributed by atoms with Crippen LogP contribution in [-0.2, 0) is 6.54 Å². The number of nitrogens with two attached hydrogens (primary N) is 1. The summed E-state index contributed by atoms with van der Waals surface area (Å²) in [6, 6.07) is 11.8. The Morgan fingerprint density at radius 3 is 2.61 bits per heavy atom. The zero-order chi connectivity index (χ0) is 19.8. The second-order valence-electron chi connectivity index (χ2n) is 6.84. The van der Waals surface area contributed by atoms with Gasteiger partial charge in [0.15, 0.2) is 11.3 Å². The molecular formula is C19H22ClN7S. The van der Waals surface area contributed by atoms with E-state index in [0.717, 1.165) is 32.8 Å². The van der Waals surface area contributed by atoms with Gasteiger partial charge in [-0.1, -0.05) is 35.5 Å². The van der Waals surface area contributed by atoms with Crippen LogP contribution in [0.4, 0.5) is 5.82 Å². The largest absolute Gasteiger partial charge is 0.301 e. The molecule has 1 aliphatic heterocycles. The number of hydrogen-bond donors (Lipinski definition) is 1. The number of rotatable bonds is 5. The quantitative estimate of drug-likeness (QED) is 0.686. The molecule has 2 N–H and O–H groups in total. The van der Waals surface area contributed by atoms with Gasteiger partial charge in [-0.05, 0) is 44.5 Å². The van der Waals surface area contributed by atoms with E-state index in [4.69, 9.17) is 22.4 Å². The fourth-order valence-corrected chi connectivity index (χ4v) is 4.27. The van der Waals surface area contributed by atoms with Gasteiger partial charge in [0.05, 0.1) is 18.3 Å². The van der Waals surface area contributed by atoms with Crippen LogP contribution in [0, 0.1) is 13.8 Å². The van der Waals surface area contributed by atoms with E-state index in [9.17, 15) is 0 Å². The highest BCUT2D eigenvalue weighted by atomic mass is 35.5. The molecule has 7 nitrogen and oxygen atoms in total. The van der Waals surface area contributed by atoms with Gasteiger partial charge >= 0.3 is 0 Å². The number of hydrogen-bond acceptors (Lipinski definition) is 6. The van der Waals surface area contributed by atoms with Gasteiger partial charge in [-0.15, -0.1) is 0 Å². The molecule has 0 aliphatic carbocycles. The minimum absolute atomic E-state index is 0.0194. The molecule has 0 fully saturated rings. The first-order chi connectivity index (χ1) is 13.4.